The van der Waals surface area contributed by atoms with Gasteiger partial charge in [-0.15, -0.1) is 0 Å². The zero-order valence-electron chi connectivity index (χ0n) is 14.6. The molecule has 2 heterocycles. The number of nitrogens with one attached hydrogen (secondary N) is 1. The number of amides is 2. The Morgan fingerprint density at radius 3 is 2.50 bits per heavy atom. The predicted molar refractivity (Wildman–Crippen MR) is 90.3 cm³/mol. The van der Waals surface area contributed by atoms with Crippen molar-refractivity contribution in [1.82, 2.24) is 10.2 Å². The maximum atomic E-state index is 13.1. The van der Waals surface area contributed by atoms with Crippen LogP contribution < -0.4 is 5.32 Å². The summed E-state index contributed by atoms with van der Waals surface area (Å²) in [6, 6.07) is 5.25. The molecule has 1 aromatic carbocycles. The summed E-state index contributed by atoms with van der Waals surface area (Å²) in [6.07, 6.45) is -0.864. The van der Waals surface area contributed by atoms with Crippen LogP contribution in [0.15, 0.2) is 24.3 Å². The summed E-state index contributed by atoms with van der Waals surface area (Å²) in [4.78, 5) is 25.7. The lowest BCUT2D eigenvalue weighted by Gasteiger charge is -2.41. The zero-order chi connectivity index (χ0) is 18.8. The first kappa shape index (κ1) is 18.7. The van der Waals surface area contributed by atoms with Crippen LogP contribution in [0.5, 0.6) is 0 Å². The number of piperidine rings is 1. The molecule has 7 heteroatoms. The molecule has 0 radical (unpaired) electrons. The molecule has 2 fully saturated rings. The fourth-order valence-electron chi connectivity index (χ4n) is 4.02. The zero-order valence-corrected chi connectivity index (χ0v) is 14.6. The number of carbonyl (C=O) groups excluding carboxylic acids is 2. The maximum absolute atomic E-state index is 13.1. The largest absolute Gasteiger partial charge is 0.416 e. The van der Waals surface area contributed by atoms with Gasteiger partial charge in [-0.1, -0.05) is 18.2 Å². The van der Waals surface area contributed by atoms with E-state index in [1.54, 1.807) is 4.90 Å². The molecule has 2 aliphatic rings. The molecule has 3 rings (SSSR count). The van der Waals surface area contributed by atoms with Crippen LogP contribution in [-0.2, 0) is 22.2 Å². The number of halogens is 3. The second kappa shape index (κ2) is 7.29. The molecule has 26 heavy (non-hydrogen) atoms. The van der Waals surface area contributed by atoms with Gasteiger partial charge in [0.1, 0.15) is 0 Å². The normalized spacial score (nSPS) is 20.6. The molecule has 2 amide bonds. The van der Waals surface area contributed by atoms with Crippen LogP contribution in [-0.4, -0.2) is 36.3 Å². The third-order valence-corrected chi connectivity index (χ3v) is 5.70. The molecular weight excluding hydrogens is 345 g/mol. The lowest BCUT2D eigenvalue weighted by molar-refractivity contribution is -0.139. The van der Waals surface area contributed by atoms with Crippen molar-refractivity contribution in [1.29, 1.82) is 0 Å². The highest BCUT2D eigenvalue weighted by molar-refractivity contribution is 5.79. The van der Waals surface area contributed by atoms with E-state index in [0.717, 1.165) is 31.7 Å². The summed E-state index contributed by atoms with van der Waals surface area (Å²) in [5, 5.41) is 2.88. The van der Waals surface area contributed by atoms with Gasteiger partial charge in [-0.05, 0) is 42.7 Å². The van der Waals surface area contributed by atoms with Crippen LogP contribution >= 0.6 is 0 Å². The third-order valence-electron chi connectivity index (χ3n) is 5.70. The second-order valence-electron chi connectivity index (χ2n) is 7.31. The van der Waals surface area contributed by atoms with E-state index in [0.29, 0.717) is 26.1 Å². The summed E-state index contributed by atoms with van der Waals surface area (Å²) in [5.74, 6) is -0.191. The number of rotatable bonds is 2. The van der Waals surface area contributed by atoms with Crippen LogP contribution in [0, 0.1) is 5.41 Å². The predicted octanol–water partition coefficient (Wildman–Crippen LogP) is 3.16. The highest BCUT2D eigenvalue weighted by Crippen LogP contribution is 2.40. The van der Waals surface area contributed by atoms with Crippen LogP contribution in [0.3, 0.4) is 0 Å². The van der Waals surface area contributed by atoms with E-state index in [9.17, 15) is 22.8 Å². The van der Waals surface area contributed by atoms with E-state index in [4.69, 9.17) is 0 Å². The average Bonchev–Trinajstić information content (AvgIpc) is 2.77. The lowest BCUT2D eigenvalue weighted by atomic mass is 9.73. The van der Waals surface area contributed by atoms with Gasteiger partial charge in [-0.3, -0.25) is 9.59 Å². The molecule has 0 bridgehead atoms. The van der Waals surface area contributed by atoms with Gasteiger partial charge in [0.2, 0.25) is 11.8 Å². The Morgan fingerprint density at radius 1 is 1.12 bits per heavy atom. The van der Waals surface area contributed by atoms with Crippen LogP contribution in [0.25, 0.3) is 0 Å². The Hall–Kier alpha value is -2.05. The molecule has 2 saturated heterocycles. The number of hydrogen-bond acceptors (Lipinski definition) is 2. The maximum Gasteiger partial charge on any atom is 0.416 e. The second-order valence-corrected chi connectivity index (χ2v) is 7.31. The van der Waals surface area contributed by atoms with E-state index in [1.807, 2.05) is 0 Å². The van der Waals surface area contributed by atoms with E-state index in [1.165, 1.54) is 18.2 Å². The van der Waals surface area contributed by atoms with Gasteiger partial charge in [-0.2, -0.15) is 13.2 Å². The number of hydrogen-bond donors (Lipinski definition) is 1. The van der Waals surface area contributed by atoms with Gasteiger partial charge in [-0.25, -0.2) is 0 Å². The van der Waals surface area contributed by atoms with Crippen molar-refractivity contribution < 1.29 is 22.8 Å². The molecular formula is C19H23F3N2O2. The first-order valence-corrected chi connectivity index (χ1v) is 8.99. The highest BCUT2D eigenvalue weighted by Gasteiger charge is 2.38. The van der Waals surface area contributed by atoms with Crippen molar-refractivity contribution in [3.63, 3.8) is 0 Å². The smallest absolute Gasteiger partial charge is 0.356 e. The Labute approximate surface area is 150 Å². The molecule has 1 aromatic rings. The molecule has 1 N–H and O–H groups in total. The van der Waals surface area contributed by atoms with Crippen LogP contribution in [0.4, 0.5) is 13.2 Å². The summed E-state index contributed by atoms with van der Waals surface area (Å²) >= 11 is 0. The third kappa shape index (κ3) is 4.19. The van der Waals surface area contributed by atoms with Crippen molar-refractivity contribution in [2.24, 2.45) is 5.41 Å². The topological polar surface area (TPSA) is 49.4 Å². The lowest BCUT2D eigenvalue weighted by Crippen LogP contribution is -2.44. The molecule has 0 aromatic heterocycles. The number of nitrogens with zero attached hydrogens (tertiary/aromatic N) is 1. The van der Waals surface area contributed by atoms with Crippen molar-refractivity contribution in [3.05, 3.63) is 35.4 Å². The molecule has 0 atom stereocenters. The van der Waals surface area contributed by atoms with Gasteiger partial charge >= 0.3 is 6.18 Å². The molecule has 4 nitrogen and oxygen atoms in total. The van der Waals surface area contributed by atoms with Crippen molar-refractivity contribution in [3.8, 4) is 0 Å². The Bertz CT molecular complexity index is 680. The van der Waals surface area contributed by atoms with E-state index in [-0.39, 0.29) is 29.2 Å². The minimum absolute atomic E-state index is 0.0227. The van der Waals surface area contributed by atoms with Crippen molar-refractivity contribution in [2.45, 2.75) is 44.7 Å². The van der Waals surface area contributed by atoms with Crippen molar-refractivity contribution in [2.75, 3.05) is 19.6 Å². The SMILES string of the molecule is O=C1CCC2(CCN1)CCN(C(=O)Cc1ccccc1C(F)(F)F)CC2. The quantitative estimate of drug-likeness (QED) is 0.872. The Kier molecular flexibility index (Phi) is 5.25. The first-order chi connectivity index (χ1) is 12.3. The van der Waals surface area contributed by atoms with Gasteiger partial charge in [0, 0.05) is 26.1 Å². The van der Waals surface area contributed by atoms with Gasteiger partial charge < -0.3 is 10.2 Å². The number of carbonyl (C=O) groups is 2. The Balaban J connectivity index is 1.62. The number of alkyl halides is 3. The Morgan fingerprint density at radius 2 is 1.81 bits per heavy atom. The van der Waals surface area contributed by atoms with E-state index < -0.39 is 11.7 Å². The summed E-state index contributed by atoms with van der Waals surface area (Å²) < 4.78 is 39.3. The fraction of sp³-hybridized carbons (Fsp3) is 0.579. The first-order valence-electron chi connectivity index (χ1n) is 8.99. The molecule has 0 saturated carbocycles. The summed E-state index contributed by atoms with van der Waals surface area (Å²) in [6.45, 7) is 1.74. The van der Waals surface area contributed by atoms with E-state index in [2.05, 4.69) is 5.32 Å². The molecule has 142 valence electrons. The number of benzene rings is 1. The molecule has 0 aliphatic carbocycles. The minimum atomic E-state index is -4.46. The average molecular weight is 368 g/mol. The fourth-order valence-corrected chi connectivity index (χ4v) is 4.02. The summed E-state index contributed by atoms with van der Waals surface area (Å²) in [7, 11) is 0. The molecule has 0 unspecified atom stereocenters. The van der Waals surface area contributed by atoms with Gasteiger partial charge in [0.15, 0.2) is 0 Å². The minimum Gasteiger partial charge on any atom is -0.356 e. The monoisotopic (exact) mass is 368 g/mol. The number of likely N-dealkylation sites (tertiary alicyclic amines) is 1. The van der Waals surface area contributed by atoms with Crippen LogP contribution in [0.2, 0.25) is 0 Å². The van der Waals surface area contributed by atoms with Crippen molar-refractivity contribution >= 4 is 11.8 Å². The summed E-state index contributed by atoms with van der Waals surface area (Å²) in [5.41, 5.74) is -0.649. The molecule has 2 aliphatic heterocycles. The van der Waals surface area contributed by atoms with Gasteiger partial charge in [0.25, 0.3) is 0 Å². The standard InChI is InChI=1S/C19H23F3N2O2/c20-19(21,22)15-4-2-1-3-14(15)13-17(26)24-11-8-18(9-12-24)6-5-16(25)23-10-7-18/h1-4H,5-13H2,(H,23,25). The highest BCUT2D eigenvalue weighted by atomic mass is 19.4. The van der Waals surface area contributed by atoms with Gasteiger partial charge in [0.05, 0.1) is 12.0 Å². The molecule has 1 spiro atoms. The van der Waals surface area contributed by atoms with Crippen LogP contribution in [0.1, 0.15) is 43.2 Å². The van der Waals surface area contributed by atoms with E-state index >= 15 is 0 Å².